The SMILES string of the molecule is O=C(CC1CCN(C(=O)c2cn(-c3ccccc3)nc2-c2ccccc2)CC1)NC1CCCCCC1. The molecule has 1 aromatic heterocycles. The van der Waals surface area contributed by atoms with Crippen molar-refractivity contribution in [2.45, 2.75) is 63.8 Å². The van der Waals surface area contributed by atoms with E-state index < -0.39 is 0 Å². The van der Waals surface area contributed by atoms with Crippen LogP contribution in [0.5, 0.6) is 0 Å². The van der Waals surface area contributed by atoms with E-state index in [4.69, 9.17) is 5.10 Å². The Morgan fingerprint density at radius 3 is 2.14 bits per heavy atom. The van der Waals surface area contributed by atoms with Crippen LogP contribution in [0.15, 0.2) is 66.9 Å². The lowest BCUT2D eigenvalue weighted by molar-refractivity contribution is -0.123. The summed E-state index contributed by atoms with van der Waals surface area (Å²) in [6.45, 7) is 1.34. The minimum absolute atomic E-state index is 0.0115. The molecule has 1 saturated heterocycles. The van der Waals surface area contributed by atoms with E-state index in [9.17, 15) is 9.59 Å². The third-order valence-corrected chi connectivity index (χ3v) is 7.61. The zero-order valence-corrected chi connectivity index (χ0v) is 20.9. The molecule has 6 heteroatoms. The third kappa shape index (κ3) is 5.86. The maximum absolute atomic E-state index is 13.7. The lowest BCUT2D eigenvalue weighted by atomic mass is 9.92. The van der Waals surface area contributed by atoms with Gasteiger partial charge in [0.05, 0.1) is 11.3 Å². The first kappa shape index (κ1) is 24.3. The van der Waals surface area contributed by atoms with E-state index >= 15 is 0 Å². The first-order valence-electron chi connectivity index (χ1n) is 13.5. The standard InChI is InChI=1S/C30H36N4O2/c35-28(31-25-13-7-1-2-8-14-25)21-23-17-19-33(20-18-23)30(36)27-22-34(26-15-9-4-10-16-26)32-29(27)24-11-5-3-6-12-24/h3-6,9-12,15-16,22-23,25H,1-2,7-8,13-14,17-21H2,(H,31,35). The Hall–Kier alpha value is -3.41. The first-order valence-corrected chi connectivity index (χ1v) is 13.5. The quantitative estimate of drug-likeness (QED) is 0.462. The fraction of sp³-hybridized carbons (Fsp3) is 0.433. The Kier molecular flexibility index (Phi) is 7.79. The van der Waals surface area contributed by atoms with Crippen LogP contribution in [-0.2, 0) is 4.79 Å². The molecular weight excluding hydrogens is 448 g/mol. The van der Waals surface area contributed by atoms with Crippen LogP contribution in [0.25, 0.3) is 16.9 Å². The average Bonchev–Trinajstić information content (AvgIpc) is 3.21. The van der Waals surface area contributed by atoms with Gasteiger partial charge in [0.1, 0.15) is 5.69 Å². The van der Waals surface area contributed by atoms with Gasteiger partial charge in [-0.3, -0.25) is 9.59 Å². The molecule has 0 radical (unpaired) electrons. The van der Waals surface area contributed by atoms with Crippen molar-refractivity contribution in [3.05, 3.63) is 72.4 Å². The average molecular weight is 485 g/mol. The summed E-state index contributed by atoms with van der Waals surface area (Å²) >= 11 is 0. The highest BCUT2D eigenvalue weighted by atomic mass is 16.2. The van der Waals surface area contributed by atoms with Gasteiger partial charge in [0.2, 0.25) is 5.91 Å². The van der Waals surface area contributed by atoms with Gasteiger partial charge < -0.3 is 10.2 Å². The van der Waals surface area contributed by atoms with Gasteiger partial charge in [0.15, 0.2) is 0 Å². The van der Waals surface area contributed by atoms with Crippen LogP contribution >= 0.6 is 0 Å². The predicted molar refractivity (Wildman–Crippen MR) is 142 cm³/mol. The van der Waals surface area contributed by atoms with Crippen LogP contribution in [0.2, 0.25) is 0 Å². The van der Waals surface area contributed by atoms with E-state index in [1.165, 1.54) is 25.7 Å². The maximum atomic E-state index is 13.7. The number of carbonyl (C=O) groups excluding carboxylic acids is 2. The minimum atomic E-state index is 0.0115. The number of aromatic nitrogens is 2. The molecule has 5 rings (SSSR count). The second kappa shape index (κ2) is 11.5. The number of benzene rings is 2. The van der Waals surface area contributed by atoms with E-state index in [0.29, 0.717) is 42.7 Å². The summed E-state index contributed by atoms with van der Waals surface area (Å²) < 4.78 is 1.79. The summed E-state index contributed by atoms with van der Waals surface area (Å²) in [5.41, 5.74) is 3.18. The van der Waals surface area contributed by atoms with Crippen LogP contribution in [0.3, 0.4) is 0 Å². The van der Waals surface area contributed by atoms with Crippen molar-refractivity contribution in [2.24, 2.45) is 5.92 Å². The molecule has 1 aliphatic carbocycles. The molecule has 1 N–H and O–H groups in total. The number of para-hydroxylation sites is 1. The Balaban J connectivity index is 1.24. The molecule has 0 unspecified atom stereocenters. The molecule has 2 amide bonds. The topological polar surface area (TPSA) is 67.2 Å². The van der Waals surface area contributed by atoms with Gasteiger partial charge in [-0.25, -0.2) is 4.68 Å². The molecule has 2 fully saturated rings. The first-order chi connectivity index (χ1) is 17.7. The van der Waals surface area contributed by atoms with Crippen molar-refractivity contribution in [3.8, 4) is 16.9 Å². The second-order valence-corrected chi connectivity index (χ2v) is 10.2. The minimum Gasteiger partial charge on any atom is -0.353 e. The summed E-state index contributed by atoms with van der Waals surface area (Å²) in [5.74, 6) is 0.528. The molecule has 1 saturated carbocycles. The van der Waals surface area contributed by atoms with Gasteiger partial charge >= 0.3 is 0 Å². The van der Waals surface area contributed by atoms with Crippen LogP contribution in [-0.4, -0.2) is 45.6 Å². The van der Waals surface area contributed by atoms with Gasteiger partial charge in [-0.05, 0) is 43.7 Å². The third-order valence-electron chi connectivity index (χ3n) is 7.61. The highest BCUT2D eigenvalue weighted by molar-refractivity contribution is 6.00. The summed E-state index contributed by atoms with van der Waals surface area (Å²) in [6.07, 6.45) is 11.4. The van der Waals surface area contributed by atoms with Crippen molar-refractivity contribution < 1.29 is 9.59 Å². The summed E-state index contributed by atoms with van der Waals surface area (Å²) in [7, 11) is 0. The van der Waals surface area contributed by atoms with Gasteiger partial charge in [0, 0.05) is 37.3 Å². The lowest BCUT2D eigenvalue weighted by Gasteiger charge is -2.32. The van der Waals surface area contributed by atoms with E-state index in [0.717, 1.165) is 36.9 Å². The van der Waals surface area contributed by atoms with Gasteiger partial charge in [0.25, 0.3) is 5.91 Å². The van der Waals surface area contributed by atoms with Gasteiger partial charge in [-0.2, -0.15) is 5.10 Å². The highest BCUT2D eigenvalue weighted by Crippen LogP contribution is 2.28. The summed E-state index contributed by atoms with van der Waals surface area (Å²) in [4.78, 5) is 28.2. The monoisotopic (exact) mass is 484 g/mol. The van der Waals surface area contributed by atoms with Crippen LogP contribution in [0.4, 0.5) is 0 Å². The van der Waals surface area contributed by atoms with E-state index in [1.807, 2.05) is 71.8 Å². The largest absolute Gasteiger partial charge is 0.353 e. The normalized spacial score (nSPS) is 17.5. The van der Waals surface area contributed by atoms with Gasteiger partial charge in [-0.15, -0.1) is 0 Å². The molecule has 2 aromatic carbocycles. The Morgan fingerprint density at radius 1 is 0.833 bits per heavy atom. The number of amides is 2. The maximum Gasteiger partial charge on any atom is 0.257 e. The number of rotatable bonds is 6. The number of nitrogens with one attached hydrogen (secondary N) is 1. The number of likely N-dealkylation sites (tertiary alicyclic amines) is 1. The summed E-state index contributed by atoms with van der Waals surface area (Å²) in [5, 5.41) is 8.08. The van der Waals surface area contributed by atoms with E-state index in [2.05, 4.69) is 5.32 Å². The van der Waals surface area contributed by atoms with Crippen LogP contribution in [0, 0.1) is 5.92 Å². The zero-order chi connectivity index (χ0) is 24.7. The molecule has 2 aliphatic rings. The highest BCUT2D eigenvalue weighted by Gasteiger charge is 2.28. The summed E-state index contributed by atoms with van der Waals surface area (Å²) in [6, 6.07) is 20.1. The van der Waals surface area contributed by atoms with Crippen molar-refractivity contribution >= 4 is 11.8 Å². The van der Waals surface area contributed by atoms with Crippen molar-refractivity contribution in [1.82, 2.24) is 20.0 Å². The Bertz CT molecular complexity index is 1140. The molecular formula is C30H36N4O2. The predicted octanol–water partition coefficient (Wildman–Crippen LogP) is 5.62. The zero-order valence-electron chi connectivity index (χ0n) is 20.9. The molecule has 36 heavy (non-hydrogen) atoms. The molecule has 3 aromatic rings. The van der Waals surface area contributed by atoms with E-state index in [1.54, 1.807) is 4.68 Å². The van der Waals surface area contributed by atoms with Gasteiger partial charge in [-0.1, -0.05) is 74.2 Å². The van der Waals surface area contributed by atoms with Crippen molar-refractivity contribution in [3.63, 3.8) is 0 Å². The molecule has 2 heterocycles. The lowest BCUT2D eigenvalue weighted by Crippen LogP contribution is -2.41. The molecule has 0 bridgehead atoms. The molecule has 1 aliphatic heterocycles. The molecule has 6 nitrogen and oxygen atoms in total. The number of hydrogen-bond donors (Lipinski definition) is 1. The molecule has 0 spiro atoms. The smallest absolute Gasteiger partial charge is 0.257 e. The number of nitrogens with zero attached hydrogens (tertiary/aromatic N) is 3. The second-order valence-electron chi connectivity index (χ2n) is 10.2. The fourth-order valence-corrected chi connectivity index (χ4v) is 5.54. The Morgan fingerprint density at radius 2 is 1.47 bits per heavy atom. The van der Waals surface area contributed by atoms with Crippen molar-refractivity contribution in [1.29, 1.82) is 0 Å². The van der Waals surface area contributed by atoms with E-state index in [-0.39, 0.29) is 11.8 Å². The molecule has 0 atom stereocenters. The van der Waals surface area contributed by atoms with Crippen LogP contribution < -0.4 is 5.32 Å². The fourth-order valence-electron chi connectivity index (χ4n) is 5.54. The number of piperidine rings is 1. The van der Waals surface area contributed by atoms with Crippen LogP contribution in [0.1, 0.15) is 68.1 Å². The van der Waals surface area contributed by atoms with Crippen molar-refractivity contribution in [2.75, 3.05) is 13.1 Å². The Labute approximate surface area is 213 Å². The number of hydrogen-bond acceptors (Lipinski definition) is 3. The number of carbonyl (C=O) groups is 2. The molecule has 188 valence electrons.